The molecule has 1 saturated carbocycles. The summed E-state index contributed by atoms with van der Waals surface area (Å²) in [7, 11) is 2.08. The van der Waals surface area contributed by atoms with E-state index >= 15 is 0 Å². The molecule has 1 fully saturated rings. The average molecular weight is 289 g/mol. The van der Waals surface area contributed by atoms with E-state index in [0.29, 0.717) is 12.1 Å². The van der Waals surface area contributed by atoms with E-state index in [1.807, 2.05) is 6.07 Å². The predicted octanol–water partition coefficient (Wildman–Crippen LogP) is 4.94. The molecule has 0 aromatic heterocycles. The highest BCUT2D eigenvalue weighted by Gasteiger charge is 2.21. The second-order valence-electron chi connectivity index (χ2n) is 6.27. The minimum Gasteiger partial charge on any atom is -0.489 e. The summed E-state index contributed by atoms with van der Waals surface area (Å²) in [6.07, 6.45) is 13.7. The summed E-state index contributed by atoms with van der Waals surface area (Å²) in [4.78, 5) is 0. The Labute approximate surface area is 130 Å². The molecule has 0 amide bonds. The van der Waals surface area contributed by atoms with Crippen molar-refractivity contribution in [3.05, 3.63) is 30.3 Å². The van der Waals surface area contributed by atoms with Crippen LogP contribution in [-0.4, -0.2) is 19.2 Å². The van der Waals surface area contributed by atoms with Crippen LogP contribution in [0.25, 0.3) is 0 Å². The molecule has 0 bridgehead atoms. The van der Waals surface area contributed by atoms with Gasteiger partial charge in [0.2, 0.25) is 0 Å². The fourth-order valence-electron chi connectivity index (χ4n) is 3.30. The molecule has 0 heterocycles. The van der Waals surface area contributed by atoms with Crippen LogP contribution in [0.15, 0.2) is 30.3 Å². The molecule has 2 heteroatoms. The van der Waals surface area contributed by atoms with Gasteiger partial charge in [-0.3, -0.25) is 0 Å². The molecule has 1 N–H and O–H groups in total. The average Bonchev–Trinajstić information content (AvgIpc) is 2.51. The lowest BCUT2D eigenvalue weighted by Crippen LogP contribution is -2.41. The van der Waals surface area contributed by atoms with E-state index in [-0.39, 0.29) is 0 Å². The Morgan fingerprint density at radius 3 is 2.00 bits per heavy atom. The Bertz CT molecular complexity index is 365. The first-order chi connectivity index (χ1) is 10.4. The van der Waals surface area contributed by atoms with Crippen molar-refractivity contribution >= 4 is 0 Å². The molecule has 0 saturated heterocycles. The van der Waals surface area contributed by atoms with Crippen LogP contribution in [0.1, 0.15) is 64.2 Å². The van der Waals surface area contributed by atoms with Crippen LogP contribution in [-0.2, 0) is 0 Å². The molecule has 0 spiro atoms. The molecule has 1 aromatic rings. The van der Waals surface area contributed by atoms with Crippen molar-refractivity contribution in [1.82, 2.24) is 5.32 Å². The molecule has 21 heavy (non-hydrogen) atoms. The lowest BCUT2D eigenvalue weighted by molar-refractivity contribution is 0.136. The van der Waals surface area contributed by atoms with Gasteiger partial charge in [-0.15, -0.1) is 0 Å². The standard InChI is InChI=1S/C19H31NO/c1-20-18-15-11-6-4-2-3-5-7-12-16-19(18)21-17-13-9-8-10-14-17/h8-10,13-14,18-20H,2-7,11-12,15-16H2,1H3. The molecule has 1 aromatic carbocycles. The van der Waals surface area contributed by atoms with Crippen molar-refractivity contribution in [3.63, 3.8) is 0 Å². The van der Waals surface area contributed by atoms with Crippen molar-refractivity contribution in [2.75, 3.05) is 7.05 Å². The third-order valence-electron chi connectivity index (χ3n) is 4.60. The summed E-state index contributed by atoms with van der Waals surface area (Å²) in [6, 6.07) is 10.8. The Morgan fingerprint density at radius 1 is 0.810 bits per heavy atom. The van der Waals surface area contributed by atoms with E-state index in [1.165, 1.54) is 64.2 Å². The van der Waals surface area contributed by atoms with E-state index in [4.69, 9.17) is 4.74 Å². The second-order valence-corrected chi connectivity index (χ2v) is 6.27. The molecule has 118 valence electrons. The summed E-state index contributed by atoms with van der Waals surface area (Å²) in [5, 5.41) is 3.50. The lowest BCUT2D eigenvalue weighted by atomic mass is 9.95. The fourth-order valence-corrected chi connectivity index (χ4v) is 3.30. The Morgan fingerprint density at radius 2 is 1.38 bits per heavy atom. The second kappa shape index (κ2) is 9.83. The monoisotopic (exact) mass is 289 g/mol. The van der Waals surface area contributed by atoms with Gasteiger partial charge in [-0.05, 0) is 38.4 Å². The predicted molar refractivity (Wildman–Crippen MR) is 89.9 cm³/mol. The summed E-state index contributed by atoms with van der Waals surface area (Å²) in [5.74, 6) is 1.01. The van der Waals surface area contributed by atoms with Gasteiger partial charge in [0.05, 0.1) is 0 Å². The molecule has 1 aliphatic rings. The third kappa shape index (κ3) is 6.09. The van der Waals surface area contributed by atoms with Crippen LogP contribution in [0.4, 0.5) is 0 Å². The summed E-state index contributed by atoms with van der Waals surface area (Å²) >= 11 is 0. The molecule has 0 radical (unpaired) electrons. The molecular weight excluding hydrogens is 258 g/mol. The topological polar surface area (TPSA) is 21.3 Å². The number of rotatable bonds is 3. The number of likely N-dealkylation sites (N-methyl/N-ethyl adjacent to an activating group) is 1. The number of hydrogen-bond acceptors (Lipinski definition) is 2. The molecular formula is C19H31NO. The summed E-state index contributed by atoms with van der Waals surface area (Å²) < 4.78 is 6.30. The smallest absolute Gasteiger partial charge is 0.119 e. The zero-order valence-electron chi connectivity index (χ0n) is 13.5. The van der Waals surface area contributed by atoms with E-state index in [1.54, 1.807) is 0 Å². The highest BCUT2D eigenvalue weighted by Crippen LogP contribution is 2.21. The number of benzene rings is 1. The van der Waals surface area contributed by atoms with Gasteiger partial charge in [0.15, 0.2) is 0 Å². The van der Waals surface area contributed by atoms with E-state index in [9.17, 15) is 0 Å². The lowest BCUT2D eigenvalue weighted by Gasteiger charge is -2.28. The zero-order chi connectivity index (χ0) is 14.8. The van der Waals surface area contributed by atoms with Gasteiger partial charge in [0, 0.05) is 6.04 Å². The van der Waals surface area contributed by atoms with Crippen molar-refractivity contribution in [2.45, 2.75) is 76.4 Å². The SMILES string of the molecule is CNC1CCCCCCCCCCC1Oc1ccccc1. The number of ether oxygens (including phenoxy) is 1. The highest BCUT2D eigenvalue weighted by molar-refractivity contribution is 5.21. The van der Waals surface area contributed by atoms with Gasteiger partial charge < -0.3 is 10.1 Å². The minimum absolute atomic E-state index is 0.303. The molecule has 2 nitrogen and oxygen atoms in total. The maximum Gasteiger partial charge on any atom is 0.119 e. The molecule has 0 aliphatic heterocycles. The first-order valence-corrected chi connectivity index (χ1v) is 8.79. The number of para-hydroxylation sites is 1. The fraction of sp³-hybridized carbons (Fsp3) is 0.684. The summed E-state index contributed by atoms with van der Waals surface area (Å²) in [5.41, 5.74) is 0. The van der Waals surface area contributed by atoms with E-state index in [2.05, 4.69) is 36.6 Å². The van der Waals surface area contributed by atoms with Gasteiger partial charge in [0.1, 0.15) is 11.9 Å². The van der Waals surface area contributed by atoms with Gasteiger partial charge in [0.25, 0.3) is 0 Å². The van der Waals surface area contributed by atoms with Crippen molar-refractivity contribution in [1.29, 1.82) is 0 Å². The third-order valence-corrected chi connectivity index (χ3v) is 4.60. The van der Waals surface area contributed by atoms with Crippen LogP contribution >= 0.6 is 0 Å². The van der Waals surface area contributed by atoms with E-state index < -0.39 is 0 Å². The van der Waals surface area contributed by atoms with Crippen LogP contribution < -0.4 is 10.1 Å². The maximum absolute atomic E-state index is 6.30. The van der Waals surface area contributed by atoms with Crippen LogP contribution in [0, 0.1) is 0 Å². The first-order valence-electron chi connectivity index (χ1n) is 8.79. The van der Waals surface area contributed by atoms with Crippen molar-refractivity contribution < 1.29 is 4.74 Å². The van der Waals surface area contributed by atoms with Crippen molar-refractivity contribution in [2.24, 2.45) is 0 Å². The first kappa shape index (κ1) is 16.4. The van der Waals surface area contributed by atoms with Gasteiger partial charge in [-0.25, -0.2) is 0 Å². The quantitative estimate of drug-likeness (QED) is 0.851. The van der Waals surface area contributed by atoms with Gasteiger partial charge >= 0.3 is 0 Å². The Kier molecular flexibility index (Phi) is 7.66. The van der Waals surface area contributed by atoms with Crippen LogP contribution in [0.3, 0.4) is 0 Å². The van der Waals surface area contributed by atoms with Crippen LogP contribution in [0.2, 0.25) is 0 Å². The number of hydrogen-bond donors (Lipinski definition) is 1. The van der Waals surface area contributed by atoms with E-state index in [0.717, 1.165) is 5.75 Å². The zero-order valence-corrected chi connectivity index (χ0v) is 13.5. The van der Waals surface area contributed by atoms with Gasteiger partial charge in [-0.2, -0.15) is 0 Å². The Hall–Kier alpha value is -1.02. The Balaban J connectivity index is 1.96. The van der Waals surface area contributed by atoms with Crippen LogP contribution in [0.5, 0.6) is 5.75 Å². The molecule has 2 atom stereocenters. The summed E-state index contributed by atoms with van der Waals surface area (Å²) in [6.45, 7) is 0. The minimum atomic E-state index is 0.303. The largest absolute Gasteiger partial charge is 0.489 e. The highest BCUT2D eigenvalue weighted by atomic mass is 16.5. The molecule has 1 aliphatic carbocycles. The molecule has 2 unspecified atom stereocenters. The van der Waals surface area contributed by atoms with Crippen molar-refractivity contribution in [3.8, 4) is 5.75 Å². The normalized spacial score (nSPS) is 25.6. The number of nitrogens with one attached hydrogen (secondary N) is 1. The molecule has 2 rings (SSSR count). The maximum atomic E-state index is 6.30. The van der Waals surface area contributed by atoms with Gasteiger partial charge in [-0.1, -0.05) is 63.1 Å².